The van der Waals surface area contributed by atoms with E-state index in [0.717, 1.165) is 154 Å². The molecule has 0 aromatic heterocycles. The number of aliphatic hydroxyl groups excluding tert-OH is 1. The Balaban J connectivity index is 3.70. The number of carbonyl (C=O) groups excluding carboxylic acids is 2. The molecule has 1 N–H and O–H groups in total. The van der Waals surface area contributed by atoms with E-state index < -0.39 is 6.10 Å². The van der Waals surface area contributed by atoms with Gasteiger partial charge in [-0.1, -0.05) is 210 Å². The predicted octanol–water partition coefficient (Wildman–Crippen LogP) is 17.4. The van der Waals surface area contributed by atoms with E-state index in [1.807, 2.05) is 0 Å². The molecule has 1 unspecified atom stereocenters. The van der Waals surface area contributed by atoms with E-state index in [4.69, 9.17) is 9.47 Å². The maximum atomic E-state index is 12.2. The van der Waals surface area contributed by atoms with Gasteiger partial charge in [0.25, 0.3) is 0 Å². The number of aliphatic hydroxyl groups is 1. The summed E-state index contributed by atoms with van der Waals surface area (Å²) in [6.45, 7) is 3.84. The fourth-order valence-corrected chi connectivity index (χ4v) is 6.22. The Morgan fingerprint density at radius 3 is 0.924 bits per heavy atom. The summed E-state index contributed by atoms with van der Waals surface area (Å²) in [5.74, 6) is -0.665. The van der Waals surface area contributed by atoms with Crippen LogP contribution in [0.1, 0.15) is 181 Å². The van der Waals surface area contributed by atoms with Crippen LogP contribution in [0.15, 0.2) is 170 Å². The van der Waals surface area contributed by atoms with Crippen molar-refractivity contribution >= 4 is 11.9 Å². The van der Waals surface area contributed by atoms with Crippen molar-refractivity contribution in [2.24, 2.45) is 0 Å². The second-order valence-electron chi connectivity index (χ2n) is 16.1. The normalized spacial score (nSPS) is 13.7. The molecular weight excluding hydrogens is 813 g/mol. The smallest absolute Gasteiger partial charge is 0.306 e. The van der Waals surface area contributed by atoms with Gasteiger partial charge in [-0.05, 0) is 128 Å². The van der Waals surface area contributed by atoms with E-state index in [1.54, 1.807) is 0 Å². The summed E-state index contributed by atoms with van der Waals surface area (Å²) < 4.78 is 10.6. The largest absolute Gasteiger partial charge is 0.462 e. The van der Waals surface area contributed by atoms with Gasteiger partial charge in [0.05, 0.1) is 6.61 Å². The molecule has 0 radical (unpaired) electrons. The molecule has 0 heterocycles. The Kier molecular flexibility index (Phi) is 50.7. The fraction of sp³-hybridized carbons (Fsp3) is 0.508. The Hall–Kier alpha value is -4.74. The van der Waals surface area contributed by atoms with Gasteiger partial charge in [0.1, 0.15) is 6.61 Å². The van der Waals surface area contributed by atoms with Gasteiger partial charge < -0.3 is 14.6 Å². The van der Waals surface area contributed by atoms with Crippen LogP contribution in [0.3, 0.4) is 0 Å². The maximum absolute atomic E-state index is 12.2. The molecule has 0 aliphatic heterocycles. The van der Waals surface area contributed by atoms with Crippen molar-refractivity contribution in [3.05, 3.63) is 170 Å². The van der Waals surface area contributed by atoms with E-state index in [1.165, 1.54) is 0 Å². The average Bonchev–Trinajstić information content (AvgIpc) is 3.32. The standard InChI is InChI=1S/C61H92O5/c1-3-5-7-9-11-13-15-17-18-19-20-21-22-23-24-25-26-27-28-29-30-31-32-33-34-35-36-37-38-39-40-41-42-44-46-48-50-52-54-56-61(64)66-59(57-62)58-65-60(63)55-53-51-49-47-45-43-16-14-12-10-8-6-4-2/h5-8,11-14,17-18,20-21,23-24,26-27,29-30,32-33,35-36,38-39,41-43,45,59,62H,3-4,9-10,15-16,19,22,25,28,31,34,37,40,44,46-58H2,1-2H3/b7-5-,8-6-,13-11-,14-12-,18-17-,21-20-,24-23-,27-26-,30-29-,33-32-,36-35-,39-38-,42-41-,45-43-. The van der Waals surface area contributed by atoms with Gasteiger partial charge >= 0.3 is 11.9 Å². The first-order chi connectivity index (χ1) is 32.6. The van der Waals surface area contributed by atoms with Crippen molar-refractivity contribution in [2.45, 2.75) is 187 Å². The summed E-state index contributed by atoms with van der Waals surface area (Å²) in [5.41, 5.74) is 0. The number of ether oxygens (including phenoxy) is 2. The molecule has 0 saturated carbocycles. The number of esters is 2. The number of hydrogen-bond donors (Lipinski definition) is 1. The zero-order valence-electron chi connectivity index (χ0n) is 41.6. The molecule has 0 aromatic carbocycles. The van der Waals surface area contributed by atoms with Crippen LogP contribution < -0.4 is 0 Å². The summed E-state index contributed by atoms with van der Waals surface area (Å²) in [4.78, 5) is 24.3. The van der Waals surface area contributed by atoms with Crippen LogP contribution >= 0.6 is 0 Å². The van der Waals surface area contributed by atoms with E-state index in [2.05, 4.69) is 184 Å². The number of rotatable bonds is 44. The second-order valence-corrected chi connectivity index (χ2v) is 16.1. The predicted molar refractivity (Wildman–Crippen MR) is 287 cm³/mol. The molecule has 1 atom stereocenters. The molecule has 0 spiro atoms. The minimum Gasteiger partial charge on any atom is -0.462 e. The van der Waals surface area contributed by atoms with E-state index in [9.17, 15) is 14.7 Å². The van der Waals surface area contributed by atoms with E-state index >= 15 is 0 Å². The minimum atomic E-state index is -0.807. The zero-order valence-corrected chi connectivity index (χ0v) is 41.6. The third-order valence-corrected chi connectivity index (χ3v) is 10.0. The van der Waals surface area contributed by atoms with Crippen LogP contribution in [0.2, 0.25) is 0 Å². The van der Waals surface area contributed by atoms with Crippen molar-refractivity contribution in [3.63, 3.8) is 0 Å². The molecule has 0 amide bonds. The molecule has 0 fully saturated rings. The molecule has 5 heteroatoms. The highest BCUT2D eigenvalue weighted by molar-refractivity contribution is 5.70. The molecule has 66 heavy (non-hydrogen) atoms. The molecule has 0 aliphatic rings. The number of hydrogen-bond acceptors (Lipinski definition) is 5. The topological polar surface area (TPSA) is 72.8 Å². The van der Waals surface area contributed by atoms with Gasteiger partial charge in [-0.15, -0.1) is 0 Å². The molecule has 366 valence electrons. The second kappa shape index (κ2) is 54.6. The lowest BCUT2D eigenvalue weighted by atomic mass is 10.1. The van der Waals surface area contributed by atoms with Gasteiger partial charge in [-0.2, -0.15) is 0 Å². The van der Waals surface area contributed by atoms with Crippen LogP contribution in [-0.4, -0.2) is 36.4 Å². The zero-order chi connectivity index (χ0) is 47.7. The summed E-state index contributed by atoms with van der Waals surface area (Å²) in [6, 6.07) is 0. The summed E-state index contributed by atoms with van der Waals surface area (Å²) >= 11 is 0. The van der Waals surface area contributed by atoms with E-state index in [-0.39, 0.29) is 25.2 Å². The van der Waals surface area contributed by atoms with Gasteiger partial charge in [0.15, 0.2) is 6.10 Å². The van der Waals surface area contributed by atoms with Crippen molar-refractivity contribution in [1.82, 2.24) is 0 Å². The first-order valence-electron chi connectivity index (χ1n) is 25.7. The summed E-state index contributed by atoms with van der Waals surface area (Å²) in [5, 5.41) is 9.59. The molecule has 0 aliphatic carbocycles. The van der Waals surface area contributed by atoms with Crippen molar-refractivity contribution in [3.8, 4) is 0 Å². The van der Waals surface area contributed by atoms with E-state index in [0.29, 0.717) is 12.8 Å². The van der Waals surface area contributed by atoms with Gasteiger partial charge in [-0.25, -0.2) is 0 Å². The number of unbranched alkanes of at least 4 members (excludes halogenated alkanes) is 8. The highest BCUT2D eigenvalue weighted by Crippen LogP contribution is 2.11. The number of carbonyl (C=O) groups is 2. The van der Waals surface area contributed by atoms with Crippen molar-refractivity contribution < 1.29 is 24.2 Å². The quantitative estimate of drug-likeness (QED) is 0.0375. The van der Waals surface area contributed by atoms with Gasteiger partial charge in [-0.3, -0.25) is 9.59 Å². The van der Waals surface area contributed by atoms with Crippen molar-refractivity contribution in [1.29, 1.82) is 0 Å². The van der Waals surface area contributed by atoms with Crippen LogP contribution in [0.25, 0.3) is 0 Å². The highest BCUT2D eigenvalue weighted by atomic mass is 16.6. The highest BCUT2D eigenvalue weighted by Gasteiger charge is 2.16. The Morgan fingerprint density at radius 2 is 0.606 bits per heavy atom. The Labute approximate surface area is 404 Å². The molecule has 0 aromatic rings. The van der Waals surface area contributed by atoms with Gasteiger partial charge in [0, 0.05) is 12.8 Å². The monoisotopic (exact) mass is 905 g/mol. The lowest BCUT2D eigenvalue weighted by Gasteiger charge is -2.15. The fourth-order valence-electron chi connectivity index (χ4n) is 6.22. The molecule has 0 rings (SSSR count). The van der Waals surface area contributed by atoms with Crippen LogP contribution in [0.4, 0.5) is 0 Å². The van der Waals surface area contributed by atoms with Crippen molar-refractivity contribution in [2.75, 3.05) is 13.2 Å². The van der Waals surface area contributed by atoms with Crippen LogP contribution in [-0.2, 0) is 19.1 Å². The Bertz CT molecular complexity index is 1540. The lowest BCUT2D eigenvalue weighted by molar-refractivity contribution is -0.161. The van der Waals surface area contributed by atoms with Gasteiger partial charge in [0.2, 0.25) is 0 Å². The first-order valence-corrected chi connectivity index (χ1v) is 25.7. The average molecular weight is 905 g/mol. The minimum absolute atomic E-state index is 0.101. The maximum Gasteiger partial charge on any atom is 0.306 e. The number of allylic oxidation sites excluding steroid dienone is 28. The molecule has 5 nitrogen and oxygen atoms in total. The lowest BCUT2D eigenvalue weighted by Crippen LogP contribution is -2.28. The van der Waals surface area contributed by atoms with Crippen LogP contribution in [0.5, 0.6) is 0 Å². The Morgan fingerprint density at radius 1 is 0.348 bits per heavy atom. The summed E-state index contributed by atoms with van der Waals surface area (Å²) in [6.07, 6.45) is 86.0. The third kappa shape index (κ3) is 51.9. The first kappa shape index (κ1) is 61.3. The molecule has 0 bridgehead atoms. The summed E-state index contributed by atoms with van der Waals surface area (Å²) in [7, 11) is 0. The third-order valence-electron chi connectivity index (χ3n) is 10.0. The van der Waals surface area contributed by atoms with Crippen LogP contribution in [0, 0.1) is 0 Å². The molecule has 0 saturated heterocycles. The molecular formula is C61H92O5. The SMILES string of the molecule is CC/C=C\C/C=C\C/C=C\C/C=C\C/C=C\C/C=C\C/C=C\C/C=C\C/C=C\C/C=C\C/C=C\CCCCCCCC(=O)OC(CO)COC(=O)CCCCC/C=C\C/C=C\C/C=C\CC.